The van der Waals surface area contributed by atoms with Crippen molar-refractivity contribution < 1.29 is 0 Å². The Labute approximate surface area is 140 Å². The number of benzene rings is 1. The first-order chi connectivity index (χ1) is 10.8. The Kier molecular flexibility index (Phi) is 7.33. The standard InChI is InChI=1S/C8H6N.3C4H9.Sn/c1-2-4-8-7(3-1)5-6-9-8;3*1-3-4-2;/h1,3-6,9H;3*1,3-4H2,2H3;. The summed E-state index contributed by atoms with van der Waals surface area (Å²) in [5, 5.41) is 1.37. The fourth-order valence-electron chi connectivity index (χ4n) is 3.73. The SMILES string of the molecule is CCC[CH2][Sn]([CH2]CCC)([CH2]CCC)[c]1ccc2cc[nH]c2c1. The van der Waals surface area contributed by atoms with Gasteiger partial charge in [0, 0.05) is 0 Å². The molecule has 122 valence electrons. The molecule has 22 heavy (non-hydrogen) atoms. The molecule has 0 saturated carbocycles. The second-order valence-corrected chi connectivity index (χ2v) is 20.1. The summed E-state index contributed by atoms with van der Waals surface area (Å²) in [7, 11) is 0. The van der Waals surface area contributed by atoms with E-state index in [4.69, 9.17) is 0 Å². The monoisotopic (exact) mass is 407 g/mol. The molecule has 1 nitrogen and oxygen atoms in total. The average Bonchev–Trinajstić information content (AvgIpc) is 3.02. The number of hydrogen-bond acceptors (Lipinski definition) is 0. The number of hydrogen-bond donors (Lipinski definition) is 1. The van der Waals surface area contributed by atoms with Crippen molar-refractivity contribution >= 4 is 32.9 Å². The third-order valence-electron chi connectivity index (χ3n) is 5.19. The molecule has 0 aliphatic heterocycles. The zero-order chi connectivity index (χ0) is 15.8. The van der Waals surface area contributed by atoms with Gasteiger partial charge in [0.25, 0.3) is 0 Å². The van der Waals surface area contributed by atoms with Crippen LogP contribution in [0.2, 0.25) is 13.3 Å². The van der Waals surface area contributed by atoms with Crippen molar-refractivity contribution in [3.63, 3.8) is 0 Å². The van der Waals surface area contributed by atoms with Crippen LogP contribution in [0.4, 0.5) is 0 Å². The molecule has 0 amide bonds. The van der Waals surface area contributed by atoms with E-state index in [1.54, 1.807) is 16.9 Å². The van der Waals surface area contributed by atoms with E-state index in [1.807, 2.05) is 0 Å². The van der Waals surface area contributed by atoms with Gasteiger partial charge in [0.1, 0.15) is 0 Å². The van der Waals surface area contributed by atoms with Gasteiger partial charge >= 0.3 is 141 Å². The summed E-state index contributed by atoms with van der Waals surface area (Å²) < 4.78 is 6.44. The summed E-state index contributed by atoms with van der Waals surface area (Å²) in [6.45, 7) is 7.05. The molecule has 0 aliphatic rings. The second kappa shape index (κ2) is 9.00. The minimum atomic E-state index is -2.23. The van der Waals surface area contributed by atoms with Gasteiger partial charge in [0.2, 0.25) is 0 Å². The van der Waals surface area contributed by atoms with Crippen LogP contribution in [0.15, 0.2) is 30.5 Å². The first-order valence-corrected chi connectivity index (χ1v) is 16.8. The fourth-order valence-corrected chi connectivity index (χ4v) is 19.7. The molecule has 1 aromatic heterocycles. The van der Waals surface area contributed by atoms with Crippen LogP contribution in [0, 0.1) is 0 Å². The predicted octanol–water partition coefficient (Wildman–Crippen LogP) is 6.22. The van der Waals surface area contributed by atoms with Gasteiger partial charge in [-0.2, -0.15) is 0 Å². The van der Waals surface area contributed by atoms with Crippen LogP contribution in [-0.4, -0.2) is 23.4 Å². The molecule has 0 atom stereocenters. The van der Waals surface area contributed by atoms with E-state index in [0.29, 0.717) is 0 Å². The minimum absolute atomic E-state index is 1.35. The van der Waals surface area contributed by atoms with Crippen molar-refractivity contribution in [2.24, 2.45) is 0 Å². The number of nitrogens with one attached hydrogen (secondary N) is 1. The van der Waals surface area contributed by atoms with Gasteiger partial charge in [-0.05, 0) is 0 Å². The molecule has 2 aromatic rings. The summed E-state index contributed by atoms with van der Waals surface area (Å²) in [6, 6.07) is 9.57. The third kappa shape index (κ3) is 4.30. The van der Waals surface area contributed by atoms with Crippen molar-refractivity contribution in [1.82, 2.24) is 4.98 Å². The van der Waals surface area contributed by atoms with Crippen LogP contribution in [-0.2, 0) is 0 Å². The Hall–Kier alpha value is -0.441. The van der Waals surface area contributed by atoms with Crippen molar-refractivity contribution in [1.29, 1.82) is 0 Å². The number of fused-ring (bicyclic) bond motifs is 1. The maximum atomic E-state index is 3.43. The van der Waals surface area contributed by atoms with Crippen LogP contribution in [0.1, 0.15) is 59.3 Å². The van der Waals surface area contributed by atoms with Gasteiger partial charge in [0.05, 0.1) is 0 Å². The molecule has 0 spiro atoms. The molecule has 2 rings (SSSR count). The Balaban J connectivity index is 2.36. The van der Waals surface area contributed by atoms with E-state index in [2.05, 4.69) is 56.2 Å². The summed E-state index contributed by atoms with van der Waals surface area (Å²) in [5.41, 5.74) is 1.35. The van der Waals surface area contributed by atoms with E-state index < -0.39 is 18.4 Å². The van der Waals surface area contributed by atoms with E-state index in [-0.39, 0.29) is 0 Å². The van der Waals surface area contributed by atoms with Crippen LogP contribution in [0.25, 0.3) is 10.9 Å². The van der Waals surface area contributed by atoms with Gasteiger partial charge < -0.3 is 0 Å². The maximum absolute atomic E-state index is 3.43. The summed E-state index contributed by atoms with van der Waals surface area (Å²) in [6.07, 6.45) is 10.4. The van der Waals surface area contributed by atoms with Crippen molar-refractivity contribution in [2.75, 3.05) is 0 Å². The van der Waals surface area contributed by atoms with Crippen molar-refractivity contribution in [2.45, 2.75) is 72.6 Å². The third-order valence-corrected chi connectivity index (χ3v) is 20.8. The molecule has 2 heteroatoms. The molecule has 1 heterocycles. The summed E-state index contributed by atoms with van der Waals surface area (Å²) >= 11 is -2.23. The molecule has 0 bridgehead atoms. The number of H-pyrrole nitrogens is 1. The van der Waals surface area contributed by atoms with Crippen molar-refractivity contribution in [3.05, 3.63) is 30.5 Å². The van der Waals surface area contributed by atoms with Crippen molar-refractivity contribution in [3.8, 4) is 0 Å². The molecule has 0 fully saturated rings. The molecule has 0 aliphatic carbocycles. The predicted molar refractivity (Wildman–Crippen MR) is 103 cm³/mol. The van der Waals surface area contributed by atoms with E-state index in [9.17, 15) is 0 Å². The Morgan fingerprint density at radius 1 is 0.818 bits per heavy atom. The molecule has 0 radical (unpaired) electrons. The van der Waals surface area contributed by atoms with Crippen LogP contribution in [0.5, 0.6) is 0 Å². The first-order valence-electron chi connectivity index (χ1n) is 9.33. The quantitative estimate of drug-likeness (QED) is 0.451. The zero-order valence-electron chi connectivity index (χ0n) is 14.8. The first kappa shape index (κ1) is 17.9. The molecular weight excluding hydrogens is 373 g/mol. The fraction of sp³-hybridized carbons (Fsp3) is 0.600. The molecular formula is C20H33NSn. The topological polar surface area (TPSA) is 15.8 Å². The normalized spacial score (nSPS) is 12.1. The average molecular weight is 406 g/mol. The van der Waals surface area contributed by atoms with E-state index in [1.165, 1.54) is 49.4 Å². The summed E-state index contributed by atoms with van der Waals surface area (Å²) in [4.78, 5) is 3.43. The van der Waals surface area contributed by atoms with Gasteiger partial charge in [-0.15, -0.1) is 0 Å². The number of aromatic amines is 1. The molecule has 0 saturated heterocycles. The molecule has 0 unspecified atom stereocenters. The van der Waals surface area contributed by atoms with Crippen LogP contribution in [0.3, 0.4) is 0 Å². The Morgan fingerprint density at radius 2 is 1.41 bits per heavy atom. The van der Waals surface area contributed by atoms with Gasteiger partial charge in [-0.3, -0.25) is 0 Å². The summed E-state index contributed by atoms with van der Waals surface area (Å²) in [5.74, 6) is 0. The second-order valence-electron chi connectivity index (χ2n) is 6.87. The Bertz CT molecular complexity index is 536. The van der Waals surface area contributed by atoms with E-state index in [0.717, 1.165) is 0 Å². The molecule has 1 aromatic carbocycles. The number of aromatic nitrogens is 1. The zero-order valence-corrected chi connectivity index (χ0v) is 17.6. The molecule has 1 N–H and O–H groups in total. The Morgan fingerprint density at radius 3 is 1.95 bits per heavy atom. The van der Waals surface area contributed by atoms with Gasteiger partial charge in [-0.25, -0.2) is 0 Å². The van der Waals surface area contributed by atoms with Gasteiger partial charge in [0.15, 0.2) is 0 Å². The number of unbranched alkanes of at least 4 members (excludes halogenated alkanes) is 3. The number of rotatable bonds is 10. The van der Waals surface area contributed by atoms with Crippen LogP contribution >= 0.6 is 0 Å². The van der Waals surface area contributed by atoms with Gasteiger partial charge in [-0.1, -0.05) is 0 Å². The van der Waals surface area contributed by atoms with Crippen LogP contribution < -0.4 is 3.58 Å². The van der Waals surface area contributed by atoms with E-state index >= 15 is 0 Å².